The van der Waals surface area contributed by atoms with Crippen LogP contribution in [0.5, 0.6) is 11.6 Å². The van der Waals surface area contributed by atoms with Crippen LogP contribution in [0.1, 0.15) is 50.3 Å². The van der Waals surface area contributed by atoms with Crippen molar-refractivity contribution in [1.82, 2.24) is 15.5 Å². The van der Waals surface area contributed by atoms with Crippen molar-refractivity contribution in [3.05, 3.63) is 65.7 Å². The van der Waals surface area contributed by atoms with Gasteiger partial charge >= 0.3 is 0 Å². The zero-order valence-electron chi connectivity index (χ0n) is 20.2. The summed E-state index contributed by atoms with van der Waals surface area (Å²) in [4.78, 5) is 18.9. The molecule has 2 aromatic heterocycles. The topological polar surface area (TPSA) is 89.7 Å². The predicted octanol–water partition coefficient (Wildman–Crippen LogP) is 4.24. The Bertz CT molecular complexity index is 1100. The van der Waals surface area contributed by atoms with Crippen molar-refractivity contribution in [1.29, 1.82) is 0 Å². The maximum absolute atomic E-state index is 12.3. The molecule has 0 saturated carbocycles. The fourth-order valence-electron chi connectivity index (χ4n) is 4.02. The number of aryl methyl sites for hydroxylation is 1. The molecule has 0 spiro atoms. The molecule has 8 nitrogen and oxygen atoms in total. The number of amides is 1. The van der Waals surface area contributed by atoms with Crippen molar-refractivity contribution in [2.24, 2.45) is 0 Å². The van der Waals surface area contributed by atoms with Gasteiger partial charge in [-0.1, -0.05) is 17.3 Å². The average molecular weight is 465 g/mol. The minimum absolute atomic E-state index is 0.0917. The molecule has 1 aliphatic heterocycles. The molecule has 1 unspecified atom stereocenters. The number of benzene rings is 1. The molecular weight excluding hydrogens is 432 g/mol. The summed E-state index contributed by atoms with van der Waals surface area (Å²) in [5.74, 6) is 1.93. The van der Waals surface area contributed by atoms with Gasteiger partial charge in [0.15, 0.2) is 0 Å². The SMILES string of the molecule is Cc1cc(CC(=O)N[C@@H](C)c2ccc(OC3CCN(c4ccnc(OC(C)C)c4)C3)cc2)on1. The summed E-state index contributed by atoms with van der Waals surface area (Å²) in [7, 11) is 0. The van der Waals surface area contributed by atoms with Gasteiger partial charge in [0.05, 0.1) is 30.8 Å². The Hall–Kier alpha value is -3.55. The third kappa shape index (κ3) is 6.27. The molecule has 0 radical (unpaired) electrons. The zero-order chi connectivity index (χ0) is 24.1. The first kappa shape index (κ1) is 23.6. The molecule has 180 valence electrons. The lowest BCUT2D eigenvalue weighted by Crippen LogP contribution is -2.28. The summed E-state index contributed by atoms with van der Waals surface area (Å²) in [6, 6.07) is 13.5. The summed E-state index contributed by atoms with van der Waals surface area (Å²) in [6.45, 7) is 9.50. The molecule has 1 aromatic carbocycles. The second-order valence-electron chi connectivity index (χ2n) is 8.96. The van der Waals surface area contributed by atoms with Crippen molar-refractivity contribution in [3.8, 4) is 11.6 Å². The van der Waals surface area contributed by atoms with Crippen LogP contribution in [0, 0.1) is 6.92 Å². The van der Waals surface area contributed by atoms with Gasteiger partial charge in [-0.3, -0.25) is 4.79 Å². The van der Waals surface area contributed by atoms with Gasteiger partial charge in [-0.15, -0.1) is 0 Å². The molecule has 1 aliphatic rings. The second-order valence-corrected chi connectivity index (χ2v) is 8.96. The van der Waals surface area contributed by atoms with Gasteiger partial charge in [0, 0.05) is 37.0 Å². The van der Waals surface area contributed by atoms with Crippen LogP contribution < -0.4 is 19.7 Å². The molecule has 1 saturated heterocycles. The Morgan fingerprint density at radius 2 is 2.00 bits per heavy atom. The predicted molar refractivity (Wildman–Crippen MR) is 129 cm³/mol. The smallest absolute Gasteiger partial charge is 0.228 e. The van der Waals surface area contributed by atoms with Crippen molar-refractivity contribution < 1.29 is 18.8 Å². The third-order valence-electron chi connectivity index (χ3n) is 5.66. The Kier molecular flexibility index (Phi) is 7.35. The lowest BCUT2D eigenvalue weighted by atomic mass is 10.1. The van der Waals surface area contributed by atoms with E-state index in [-0.39, 0.29) is 30.6 Å². The first-order valence-electron chi connectivity index (χ1n) is 11.7. The highest BCUT2D eigenvalue weighted by molar-refractivity contribution is 5.78. The first-order valence-corrected chi connectivity index (χ1v) is 11.7. The van der Waals surface area contributed by atoms with E-state index < -0.39 is 0 Å². The van der Waals surface area contributed by atoms with Crippen LogP contribution in [0.2, 0.25) is 0 Å². The second kappa shape index (κ2) is 10.6. The van der Waals surface area contributed by atoms with Gasteiger partial charge in [0.25, 0.3) is 0 Å². The number of hydrogen-bond acceptors (Lipinski definition) is 7. The highest BCUT2D eigenvalue weighted by Crippen LogP contribution is 2.26. The van der Waals surface area contributed by atoms with E-state index in [1.54, 1.807) is 12.3 Å². The van der Waals surface area contributed by atoms with Crippen LogP contribution in [-0.2, 0) is 11.2 Å². The standard InChI is InChI=1S/C26H32N4O4/c1-17(2)32-26-14-21(9-11-27-26)30-12-10-23(16-30)33-22-7-5-20(6-8-22)19(4)28-25(31)15-24-13-18(3)29-34-24/h5-9,11,13-14,17,19,23H,10,12,15-16H2,1-4H3,(H,28,31)/t19-,23?/m0/s1. The molecule has 1 amide bonds. The Morgan fingerprint density at radius 1 is 1.21 bits per heavy atom. The summed E-state index contributed by atoms with van der Waals surface area (Å²) >= 11 is 0. The lowest BCUT2D eigenvalue weighted by molar-refractivity contribution is -0.121. The minimum Gasteiger partial charge on any atom is -0.489 e. The van der Waals surface area contributed by atoms with Crippen LogP contribution in [-0.4, -0.2) is 41.3 Å². The van der Waals surface area contributed by atoms with Crippen LogP contribution >= 0.6 is 0 Å². The highest BCUT2D eigenvalue weighted by Gasteiger charge is 2.25. The Labute approximate surface area is 200 Å². The van der Waals surface area contributed by atoms with E-state index in [4.69, 9.17) is 14.0 Å². The van der Waals surface area contributed by atoms with Crippen molar-refractivity contribution >= 4 is 11.6 Å². The number of hydrogen-bond donors (Lipinski definition) is 1. The van der Waals surface area contributed by atoms with Crippen molar-refractivity contribution in [2.45, 2.75) is 58.8 Å². The van der Waals surface area contributed by atoms with E-state index in [9.17, 15) is 4.79 Å². The van der Waals surface area contributed by atoms with E-state index in [0.717, 1.165) is 42.2 Å². The summed E-state index contributed by atoms with van der Waals surface area (Å²) in [6.07, 6.45) is 3.10. The van der Waals surface area contributed by atoms with E-state index in [2.05, 4.69) is 20.4 Å². The fourth-order valence-corrected chi connectivity index (χ4v) is 4.02. The maximum Gasteiger partial charge on any atom is 0.228 e. The van der Waals surface area contributed by atoms with Crippen LogP contribution in [0.25, 0.3) is 0 Å². The Balaban J connectivity index is 1.28. The number of nitrogens with zero attached hydrogens (tertiary/aromatic N) is 3. The molecule has 34 heavy (non-hydrogen) atoms. The van der Waals surface area contributed by atoms with Gasteiger partial charge < -0.3 is 24.2 Å². The van der Waals surface area contributed by atoms with Gasteiger partial charge in [0.1, 0.15) is 17.6 Å². The first-order chi connectivity index (χ1) is 16.4. The van der Waals surface area contributed by atoms with Gasteiger partial charge in [-0.2, -0.15) is 0 Å². The normalized spacial score (nSPS) is 16.5. The Morgan fingerprint density at radius 3 is 2.71 bits per heavy atom. The largest absolute Gasteiger partial charge is 0.489 e. The molecule has 8 heteroatoms. The number of ether oxygens (including phenoxy) is 2. The number of carbonyl (C=O) groups excluding carboxylic acids is 1. The van der Waals surface area contributed by atoms with E-state index in [1.165, 1.54) is 0 Å². The monoisotopic (exact) mass is 464 g/mol. The number of nitrogens with one attached hydrogen (secondary N) is 1. The van der Waals surface area contributed by atoms with Crippen molar-refractivity contribution in [2.75, 3.05) is 18.0 Å². The number of carbonyl (C=O) groups is 1. The fraction of sp³-hybridized carbons (Fsp3) is 0.423. The molecule has 2 atom stereocenters. The molecule has 3 aromatic rings. The zero-order valence-corrected chi connectivity index (χ0v) is 20.2. The molecule has 1 fully saturated rings. The molecule has 0 bridgehead atoms. The maximum atomic E-state index is 12.3. The van der Waals surface area contributed by atoms with E-state index >= 15 is 0 Å². The number of anilines is 1. The van der Waals surface area contributed by atoms with E-state index in [0.29, 0.717) is 11.6 Å². The molecule has 4 rings (SSSR count). The van der Waals surface area contributed by atoms with Crippen LogP contribution in [0.3, 0.4) is 0 Å². The lowest BCUT2D eigenvalue weighted by Gasteiger charge is -2.20. The van der Waals surface area contributed by atoms with Gasteiger partial charge in [-0.05, 0) is 51.5 Å². The number of aromatic nitrogens is 2. The highest BCUT2D eigenvalue weighted by atomic mass is 16.5. The minimum atomic E-state index is -0.124. The van der Waals surface area contributed by atoms with Crippen LogP contribution in [0.4, 0.5) is 5.69 Å². The average Bonchev–Trinajstić information content (AvgIpc) is 3.42. The van der Waals surface area contributed by atoms with Crippen molar-refractivity contribution in [3.63, 3.8) is 0 Å². The number of pyridine rings is 1. The summed E-state index contributed by atoms with van der Waals surface area (Å²) < 4.78 is 17.1. The number of rotatable bonds is 9. The molecule has 1 N–H and O–H groups in total. The third-order valence-corrected chi connectivity index (χ3v) is 5.66. The van der Waals surface area contributed by atoms with E-state index in [1.807, 2.05) is 64.1 Å². The van der Waals surface area contributed by atoms with Gasteiger partial charge in [-0.25, -0.2) is 4.98 Å². The molecular formula is C26H32N4O4. The van der Waals surface area contributed by atoms with Crippen LogP contribution in [0.15, 0.2) is 53.2 Å². The molecule has 3 heterocycles. The summed E-state index contributed by atoms with van der Waals surface area (Å²) in [5.41, 5.74) is 2.87. The molecule has 0 aliphatic carbocycles. The van der Waals surface area contributed by atoms with Gasteiger partial charge in [0.2, 0.25) is 11.8 Å². The summed E-state index contributed by atoms with van der Waals surface area (Å²) in [5, 5.41) is 6.81. The quantitative estimate of drug-likeness (QED) is 0.506.